The van der Waals surface area contributed by atoms with E-state index in [1.54, 1.807) is 34.6 Å². The van der Waals surface area contributed by atoms with E-state index in [9.17, 15) is 9.59 Å². The first kappa shape index (κ1) is 16.4. The zero-order valence-electron chi connectivity index (χ0n) is 14.5. The summed E-state index contributed by atoms with van der Waals surface area (Å²) in [5.41, 5.74) is 0.856. The molecule has 26 heavy (non-hydrogen) atoms. The summed E-state index contributed by atoms with van der Waals surface area (Å²) in [5, 5.41) is 0. The summed E-state index contributed by atoms with van der Waals surface area (Å²) < 4.78 is 5.21. The van der Waals surface area contributed by atoms with Crippen LogP contribution in [0.1, 0.15) is 23.7 Å². The highest BCUT2D eigenvalue weighted by Gasteiger charge is 2.50. The van der Waals surface area contributed by atoms with Crippen molar-refractivity contribution in [3.63, 3.8) is 0 Å². The quantitative estimate of drug-likeness (QED) is 0.833. The number of pyridine rings is 1. The van der Waals surface area contributed by atoms with E-state index < -0.39 is 5.54 Å². The Bertz CT molecular complexity index is 826. The fourth-order valence-electron chi connectivity index (χ4n) is 3.51. The van der Waals surface area contributed by atoms with Gasteiger partial charge in [-0.05, 0) is 18.6 Å². The molecule has 8 nitrogen and oxygen atoms in total. The zero-order valence-corrected chi connectivity index (χ0v) is 14.5. The first-order valence-electron chi connectivity index (χ1n) is 8.59. The third kappa shape index (κ3) is 2.67. The molecule has 2 aromatic heterocycles. The molecule has 0 saturated carbocycles. The van der Waals surface area contributed by atoms with Crippen LogP contribution in [0.25, 0.3) is 11.4 Å². The van der Waals surface area contributed by atoms with Gasteiger partial charge in [-0.1, -0.05) is 6.92 Å². The molecular weight excluding hydrogens is 334 g/mol. The van der Waals surface area contributed by atoms with Gasteiger partial charge in [-0.15, -0.1) is 0 Å². The Morgan fingerprint density at radius 2 is 1.96 bits per heavy atom. The molecule has 2 fully saturated rings. The Morgan fingerprint density at radius 3 is 2.65 bits per heavy atom. The van der Waals surface area contributed by atoms with Crippen molar-refractivity contribution in [2.45, 2.75) is 18.9 Å². The van der Waals surface area contributed by atoms with Crippen molar-refractivity contribution >= 4 is 12.0 Å². The molecule has 2 aliphatic heterocycles. The van der Waals surface area contributed by atoms with Crippen LogP contribution in [0.4, 0.5) is 4.79 Å². The fourth-order valence-corrected chi connectivity index (χ4v) is 3.51. The minimum Gasteiger partial charge on any atom is -0.447 e. The maximum atomic E-state index is 12.9. The van der Waals surface area contributed by atoms with Crippen molar-refractivity contribution in [1.82, 2.24) is 24.8 Å². The number of hydrogen-bond acceptors (Lipinski definition) is 6. The summed E-state index contributed by atoms with van der Waals surface area (Å²) >= 11 is 0. The van der Waals surface area contributed by atoms with E-state index in [1.165, 1.54) is 0 Å². The third-order valence-electron chi connectivity index (χ3n) is 5.12. The molecule has 4 rings (SSSR count). The van der Waals surface area contributed by atoms with Gasteiger partial charge < -0.3 is 9.64 Å². The molecule has 0 aliphatic carbocycles. The van der Waals surface area contributed by atoms with E-state index in [2.05, 4.69) is 15.0 Å². The number of cyclic esters (lactones) is 1. The van der Waals surface area contributed by atoms with Gasteiger partial charge in [0.25, 0.3) is 5.91 Å². The molecule has 0 N–H and O–H groups in total. The molecule has 4 heterocycles. The van der Waals surface area contributed by atoms with Crippen molar-refractivity contribution in [2.24, 2.45) is 0 Å². The van der Waals surface area contributed by atoms with Crippen molar-refractivity contribution in [2.75, 3.05) is 26.2 Å². The highest BCUT2D eigenvalue weighted by atomic mass is 16.6. The smallest absolute Gasteiger partial charge is 0.410 e. The number of amides is 2. The van der Waals surface area contributed by atoms with Crippen LogP contribution in [0.3, 0.4) is 0 Å². The number of ether oxygens (including phenoxy) is 1. The normalized spacial score (nSPS) is 22.1. The largest absolute Gasteiger partial charge is 0.447 e. The lowest BCUT2D eigenvalue weighted by Gasteiger charge is -2.44. The van der Waals surface area contributed by atoms with Crippen molar-refractivity contribution in [3.05, 3.63) is 42.5 Å². The van der Waals surface area contributed by atoms with Gasteiger partial charge in [0, 0.05) is 50.0 Å². The van der Waals surface area contributed by atoms with Crippen LogP contribution in [0.5, 0.6) is 0 Å². The summed E-state index contributed by atoms with van der Waals surface area (Å²) in [6, 6.07) is 3.64. The maximum Gasteiger partial charge on any atom is 0.410 e. The van der Waals surface area contributed by atoms with E-state index in [0.29, 0.717) is 37.6 Å². The van der Waals surface area contributed by atoms with Crippen LogP contribution in [0.15, 0.2) is 36.9 Å². The fraction of sp³-hybridized carbons (Fsp3) is 0.389. The average molecular weight is 353 g/mol. The Labute approximate surface area is 150 Å². The minimum atomic E-state index is -0.428. The van der Waals surface area contributed by atoms with Crippen LogP contribution in [0, 0.1) is 0 Å². The molecule has 1 atom stereocenters. The van der Waals surface area contributed by atoms with Gasteiger partial charge in [-0.2, -0.15) is 0 Å². The molecule has 0 aromatic carbocycles. The Hall–Kier alpha value is -3.03. The number of rotatable bonds is 3. The summed E-state index contributed by atoms with van der Waals surface area (Å²) in [7, 11) is 0. The van der Waals surface area contributed by atoms with Gasteiger partial charge in [-0.3, -0.25) is 14.7 Å². The predicted molar refractivity (Wildman–Crippen MR) is 92.2 cm³/mol. The second-order valence-corrected chi connectivity index (χ2v) is 6.54. The van der Waals surface area contributed by atoms with Gasteiger partial charge >= 0.3 is 6.09 Å². The highest BCUT2D eigenvalue weighted by Crippen LogP contribution is 2.32. The molecule has 8 heteroatoms. The predicted octanol–water partition coefficient (Wildman–Crippen LogP) is 1.60. The number of aromatic nitrogens is 3. The lowest BCUT2D eigenvalue weighted by Crippen LogP contribution is -2.62. The second-order valence-electron chi connectivity index (χ2n) is 6.54. The number of piperazine rings is 1. The molecule has 1 unspecified atom stereocenters. The van der Waals surface area contributed by atoms with Gasteiger partial charge in [-0.25, -0.2) is 14.8 Å². The van der Waals surface area contributed by atoms with Gasteiger partial charge in [0.05, 0.1) is 11.1 Å². The van der Waals surface area contributed by atoms with Gasteiger partial charge in [0.2, 0.25) is 0 Å². The van der Waals surface area contributed by atoms with Crippen molar-refractivity contribution in [3.8, 4) is 11.4 Å². The van der Waals surface area contributed by atoms with E-state index in [-0.39, 0.29) is 12.0 Å². The summed E-state index contributed by atoms with van der Waals surface area (Å²) in [6.45, 7) is 3.75. The van der Waals surface area contributed by atoms with Crippen molar-refractivity contribution in [1.29, 1.82) is 0 Å². The van der Waals surface area contributed by atoms with E-state index >= 15 is 0 Å². The molecule has 134 valence electrons. The first-order valence-corrected chi connectivity index (χ1v) is 8.59. The lowest BCUT2D eigenvalue weighted by atomic mass is 9.92. The van der Waals surface area contributed by atoms with E-state index in [4.69, 9.17) is 4.74 Å². The molecule has 2 amide bonds. The Balaban J connectivity index is 1.52. The maximum absolute atomic E-state index is 12.9. The van der Waals surface area contributed by atoms with Gasteiger partial charge in [0.15, 0.2) is 5.82 Å². The average Bonchev–Trinajstić information content (AvgIpc) is 3.05. The summed E-state index contributed by atoms with van der Waals surface area (Å²) in [6.07, 6.45) is 6.89. The summed E-state index contributed by atoms with van der Waals surface area (Å²) in [4.78, 5) is 40.8. The molecule has 2 aliphatic rings. The number of nitrogens with zero attached hydrogens (tertiary/aromatic N) is 5. The minimum absolute atomic E-state index is 0.127. The SMILES string of the molecule is CCC12COC(=O)N1CCN(C(=O)c1cnc(-c3ccncc3)nc1)C2. The zero-order chi connectivity index (χ0) is 18.1. The topological polar surface area (TPSA) is 88.5 Å². The summed E-state index contributed by atoms with van der Waals surface area (Å²) in [5.74, 6) is 0.423. The molecule has 0 radical (unpaired) electrons. The third-order valence-corrected chi connectivity index (χ3v) is 5.12. The van der Waals surface area contributed by atoms with Crippen molar-refractivity contribution < 1.29 is 14.3 Å². The molecule has 2 aromatic rings. The standard InChI is InChI=1S/C18H19N5O3/c1-2-18-11-22(7-8-23(18)17(25)26-12-18)16(24)14-9-20-15(21-10-14)13-3-5-19-6-4-13/h3-6,9-10H,2,7-8,11-12H2,1H3. The molecule has 2 saturated heterocycles. The van der Waals surface area contributed by atoms with E-state index in [1.807, 2.05) is 19.1 Å². The van der Waals surface area contributed by atoms with E-state index in [0.717, 1.165) is 12.0 Å². The van der Waals surface area contributed by atoms with Crippen LogP contribution >= 0.6 is 0 Å². The number of carbonyl (C=O) groups excluding carboxylic acids is 2. The highest BCUT2D eigenvalue weighted by molar-refractivity contribution is 5.94. The molecule has 0 spiro atoms. The lowest BCUT2D eigenvalue weighted by molar-refractivity contribution is 0.0361. The Morgan fingerprint density at radius 1 is 1.23 bits per heavy atom. The second kappa shape index (κ2) is 6.36. The monoisotopic (exact) mass is 353 g/mol. The van der Waals surface area contributed by atoms with Crippen LogP contribution in [-0.2, 0) is 4.74 Å². The number of fused-ring (bicyclic) bond motifs is 1. The van der Waals surface area contributed by atoms with Crippen LogP contribution in [-0.4, -0.2) is 68.5 Å². The number of carbonyl (C=O) groups is 2. The first-order chi connectivity index (χ1) is 12.6. The van der Waals surface area contributed by atoms with Gasteiger partial charge in [0.1, 0.15) is 6.61 Å². The molecule has 0 bridgehead atoms. The molecular formula is C18H19N5O3. The van der Waals surface area contributed by atoms with Crippen LogP contribution < -0.4 is 0 Å². The Kier molecular flexibility index (Phi) is 4.02. The number of hydrogen-bond donors (Lipinski definition) is 0. The van der Waals surface area contributed by atoms with Crippen LogP contribution in [0.2, 0.25) is 0 Å².